The number of hydrogen-bond donors (Lipinski definition) is 0. The van der Waals surface area contributed by atoms with Crippen LogP contribution in [0.3, 0.4) is 0 Å². The van der Waals surface area contributed by atoms with Gasteiger partial charge in [-0.3, -0.25) is 4.79 Å². The molecule has 17 heavy (non-hydrogen) atoms. The van der Waals surface area contributed by atoms with E-state index in [1.807, 2.05) is 0 Å². The predicted molar refractivity (Wildman–Crippen MR) is 61.3 cm³/mol. The van der Waals surface area contributed by atoms with Crippen molar-refractivity contribution in [1.29, 1.82) is 0 Å². The zero-order valence-corrected chi connectivity index (χ0v) is 9.88. The Morgan fingerprint density at radius 3 is 2.18 bits per heavy atom. The van der Waals surface area contributed by atoms with Crippen molar-refractivity contribution in [3.05, 3.63) is 12.4 Å². The number of aromatic nitrogens is 3. The summed E-state index contributed by atoms with van der Waals surface area (Å²) in [7, 11) is 0. The molecule has 0 N–H and O–H groups in total. The second-order valence-electron chi connectivity index (χ2n) is 6.35. The van der Waals surface area contributed by atoms with Crippen LogP contribution in [0.4, 0.5) is 0 Å². The van der Waals surface area contributed by atoms with E-state index >= 15 is 0 Å². The molecule has 1 heterocycles. The topological polar surface area (TPSA) is 47.8 Å². The fourth-order valence-electron chi connectivity index (χ4n) is 4.93. The molecule has 90 valence electrons. The van der Waals surface area contributed by atoms with Crippen LogP contribution in [0.2, 0.25) is 0 Å². The Morgan fingerprint density at radius 2 is 1.71 bits per heavy atom. The fourth-order valence-corrected chi connectivity index (χ4v) is 4.93. The first-order valence-corrected chi connectivity index (χ1v) is 6.66. The molecule has 1 aromatic heterocycles. The quantitative estimate of drug-likeness (QED) is 0.744. The van der Waals surface area contributed by atoms with E-state index in [2.05, 4.69) is 10.3 Å². The van der Waals surface area contributed by atoms with E-state index in [9.17, 15) is 4.79 Å². The van der Waals surface area contributed by atoms with Crippen molar-refractivity contribution < 1.29 is 4.79 Å². The molecular weight excluding hydrogens is 214 g/mol. The molecule has 4 aliphatic rings. The highest BCUT2D eigenvalue weighted by Gasteiger charge is 2.55. The fraction of sp³-hybridized carbons (Fsp3) is 0.769. The highest BCUT2D eigenvalue weighted by Crippen LogP contribution is 2.60. The Labute approximate surface area is 100 Å². The van der Waals surface area contributed by atoms with Crippen molar-refractivity contribution in [2.24, 2.45) is 23.2 Å². The van der Waals surface area contributed by atoms with Gasteiger partial charge in [0.25, 0.3) is 5.91 Å². The minimum absolute atomic E-state index is 0.0948. The van der Waals surface area contributed by atoms with Gasteiger partial charge in [-0.25, -0.2) is 0 Å². The van der Waals surface area contributed by atoms with E-state index in [1.54, 1.807) is 12.4 Å². The Kier molecular flexibility index (Phi) is 1.83. The Bertz CT molecular complexity index is 416. The normalized spacial score (nSPS) is 42.9. The molecule has 0 saturated heterocycles. The van der Waals surface area contributed by atoms with Crippen molar-refractivity contribution in [2.75, 3.05) is 0 Å². The molecule has 0 amide bonds. The number of rotatable bonds is 1. The number of carbonyl (C=O) groups is 1. The summed E-state index contributed by atoms with van der Waals surface area (Å²) in [6.07, 6.45) is 10.7. The lowest BCUT2D eigenvalue weighted by Gasteiger charge is -2.55. The van der Waals surface area contributed by atoms with Crippen molar-refractivity contribution in [1.82, 2.24) is 15.0 Å². The van der Waals surface area contributed by atoms with Crippen LogP contribution in [0.25, 0.3) is 0 Å². The summed E-state index contributed by atoms with van der Waals surface area (Å²) >= 11 is 0. The molecule has 0 unspecified atom stereocenters. The van der Waals surface area contributed by atoms with Crippen LogP contribution in [0.15, 0.2) is 12.4 Å². The molecule has 0 atom stereocenters. The van der Waals surface area contributed by atoms with Gasteiger partial charge in [0.15, 0.2) is 0 Å². The predicted octanol–water partition coefficient (Wildman–Crippen LogP) is 2.13. The number of carbonyl (C=O) groups excluding carboxylic acids is 1. The van der Waals surface area contributed by atoms with Crippen LogP contribution in [-0.2, 0) is 0 Å². The maximum atomic E-state index is 12.6. The summed E-state index contributed by atoms with van der Waals surface area (Å²) in [6, 6.07) is 0. The second-order valence-corrected chi connectivity index (χ2v) is 6.35. The summed E-state index contributed by atoms with van der Waals surface area (Å²) < 4.78 is 1.47. The largest absolute Gasteiger partial charge is 0.272 e. The first kappa shape index (κ1) is 9.80. The summed E-state index contributed by atoms with van der Waals surface area (Å²) in [5.41, 5.74) is -0.0948. The van der Waals surface area contributed by atoms with E-state index < -0.39 is 0 Å². The van der Waals surface area contributed by atoms with E-state index in [-0.39, 0.29) is 11.3 Å². The minimum atomic E-state index is -0.0948. The molecule has 1 aromatic rings. The Morgan fingerprint density at radius 1 is 1.12 bits per heavy atom. The van der Waals surface area contributed by atoms with Gasteiger partial charge in [-0.05, 0) is 56.3 Å². The number of hydrogen-bond acceptors (Lipinski definition) is 3. The molecular formula is C13H17N3O. The maximum absolute atomic E-state index is 12.6. The Balaban J connectivity index is 1.71. The average molecular weight is 231 g/mol. The van der Waals surface area contributed by atoms with Gasteiger partial charge >= 0.3 is 0 Å². The van der Waals surface area contributed by atoms with Gasteiger partial charge in [0.2, 0.25) is 0 Å². The summed E-state index contributed by atoms with van der Waals surface area (Å²) in [5, 5.41) is 7.65. The molecule has 5 rings (SSSR count). The monoisotopic (exact) mass is 231 g/mol. The first-order valence-electron chi connectivity index (χ1n) is 6.66. The molecule has 4 aliphatic carbocycles. The van der Waals surface area contributed by atoms with Gasteiger partial charge in [0.05, 0.1) is 17.8 Å². The lowest BCUT2D eigenvalue weighted by atomic mass is 9.49. The molecule has 4 bridgehead atoms. The standard InChI is InChI=1S/C13H17N3O/c17-12(16-2-1-14-15-16)13-6-9-3-10(7-13)5-11(4-9)8-13/h1-2,9-11H,3-8H2. The zero-order valence-electron chi connectivity index (χ0n) is 9.88. The van der Waals surface area contributed by atoms with Crippen molar-refractivity contribution in [3.63, 3.8) is 0 Å². The molecule has 0 aliphatic heterocycles. The van der Waals surface area contributed by atoms with Crippen LogP contribution in [0.5, 0.6) is 0 Å². The second kappa shape index (κ2) is 3.18. The van der Waals surface area contributed by atoms with E-state index in [1.165, 1.54) is 23.9 Å². The van der Waals surface area contributed by atoms with Crippen LogP contribution in [-0.4, -0.2) is 20.9 Å². The van der Waals surface area contributed by atoms with Crippen molar-refractivity contribution >= 4 is 5.91 Å². The van der Waals surface area contributed by atoms with Gasteiger partial charge in [0.1, 0.15) is 0 Å². The van der Waals surface area contributed by atoms with Crippen molar-refractivity contribution in [3.8, 4) is 0 Å². The third-order valence-corrected chi connectivity index (χ3v) is 5.12. The lowest BCUT2D eigenvalue weighted by molar-refractivity contribution is -0.0410. The third-order valence-electron chi connectivity index (χ3n) is 5.12. The van der Waals surface area contributed by atoms with E-state index in [0.29, 0.717) is 0 Å². The molecule has 4 heteroatoms. The molecule has 0 spiro atoms. The zero-order chi connectivity index (χ0) is 11.5. The van der Waals surface area contributed by atoms with Crippen LogP contribution in [0.1, 0.15) is 43.3 Å². The smallest absolute Gasteiger partial charge is 0.254 e. The summed E-state index contributed by atoms with van der Waals surface area (Å²) in [6.45, 7) is 0. The summed E-state index contributed by atoms with van der Waals surface area (Å²) in [5.74, 6) is 2.60. The maximum Gasteiger partial charge on any atom is 0.254 e. The lowest BCUT2D eigenvalue weighted by Crippen LogP contribution is -2.51. The van der Waals surface area contributed by atoms with Gasteiger partial charge in [0, 0.05) is 0 Å². The number of nitrogens with zero attached hydrogens (tertiary/aromatic N) is 3. The van der Waals surface area contributed by atoms with Gasteiger partial charge in [-0.1, -0.05) is 5.21 Å². The van der Waals surface area contributed by atoms with Crippen LogP contribution in [0, 0.1) is 23.2 Å². The SMILES string of the molecule is O=C(n1ccnn1)C12CC3CC(CC(C3)C1)C2. The highest BCUT2D eigenvalue weighted by molar-refractivity contribution is 5.84. The van der Waals surface area contributed by atoms with Gasteiger partial charge in [-0.2, -0.15) is 4.68 Å². The molecule has 4 saturated carbocycles. The average Bonchev–Trinajstić information content (AvgIpc) is 2.79. The van der Waals surface area contributed by atoms with Crippen LogP contribution < -0.4 is 0 Å². The summed E-state index contributed by atoms with van der Waals surface area (Å²) in [4.78, 5) is 12.6. The molecule has 4 nitrogen and oxygen atoms in total. The first-order chi connectivity index (χ1) is 8.25. The van der Waals surface area contributed by atoms with E-state index in [4.69, 9.17) is 0 Å². The van der Waals surface area contributed by atoms with Crippen LogP contribution >= 0.6 is 0 Å². The third kappa shape index (κ3) is 1.33. The molecule has 0 aromatic carbocycles. The minimum Gasteiger partial charge on any atom is -0.272 e. The van der Waals surface area contributed by atoms with Gasteiger partial charge in [-0.15, -0.1) is 5.10 Å². The molecule has 0 radical (unpaired) electrons. The van der Waals surface area contributed by atoms with Crippen molar-refractivity contribution in [2.45, 2.75) is 38.5 Å². The molecule has 4 fully saturated rings. The van der Waals surface area contributed by atoms with E-state index in [0.717, 1.165) is 37.0 Å². The highest BCUT2D eigenvalue weighted by atomic mass is 16.2. The van der Waals surface area contributed by atoms with Gasteiger partial charge < -0.3 is 0 Å². The Hall–Kier alpha value is -1.19.